The molecule has 0 saturated carbocycles. The van der Waals surface area contributed by atoms with Gasteiger partial charge in [-0.3, -0.25) is 9.59 Å². The minimum atomic E-state index is -0.313. The third kappa shape index (κ3) is 2.78. The number of halogens is 1. The van der Waals surface area contributed by atoms with E-state index >= 15 is 0 Å². The van der Waals surface area contributed by atoms with Crippen molar-refractivity contribution < 1.29 is 4.79 Å². The molecular weight excluding hydrogens is 258 g/mol. The van der Waals surface area contributed by atoms with Gasteiger partial charge in [0, 0.05) is 11.1 Å². The van der Waals surface area contributed by atoms with Crippen molar-refractivity contribution in [3.8, 4) is 0 Å². The van der Waals surface area contributed by atoms with E-state index in [1.807, 2.05) is 20.8 Å². The van der Waals surface area contributed by atoms with Crippen molar-refractivity contribution in [2.45, 2.75) is 26.2 Å². The van der Waals surface area contributed by atoms with Gasteiger partial charge in [0.2, 0.25) is 0 Å². The molecule has 1 aromatic rings. The van der Waals surface area contributed by atoms with E-state index in [2.05, 4.69) is 20.9 Å². The van der Waals surface area contributed by atoms with Gasteiger partial charge >= 0.3 is 0 Å². The standard InChI is InChI=1S/C11H14BrNO2/c1-11(2,3)9-5-4-7(8(14)6-12)10(15)13-9/h4-5H,6H2,1-3H3,(H,13,15). The van der Waals surface area contributed by atoms with Crippen molar-refractivity contribution >= 4 is 21.7 Å². The summed E-state index contributed by atoms with van der Waals surface area (Å²) < 4.78 is 0. The number of ketones is 1. The maximum atomic E-state index is 11.6. The van der Waals surface area contributed by atoms with Gasteiger partial charge in [0.05, 0.1) is 10.9 Å². The molecule has 1 aromatic heterocycles. The quantitative estimate of drug-likeness (QED) is 0.663. The molecule has 0 amide bonds. The molecule has 0 bridgehead atoms. The Morgan fingerprint density at radius 1 is 1.40 bits per heavy atom. The van der Waals surface area contributed by atoms with Crippen LogP contribution in [0.25, 0.3) is 0 Å². The molecule has 15 heavy (non-hydrogen) atoms. The molecule has 0 aliphatic heterocycles. The lowest BCUT2D eigenvalue weighted by atomic mass is 9.91. The lowest BCUT2D eigenvalue weighted by Gasteiger charge is -2.18. The molecule has 82 valence electrons. The number of pyridine rings is 1. The maximum Gasteiger partial charge on any atom is 0.259 e. The molecular formula is C11H14BrNO2. The zero-order valence-electron chi connectivity index (χ0n) is 9.06. The van der Waals surface area contributed by atoms with Crippen LogP contribution in [0.1, 0.15) is 36.8 Å². The Bertz CT molecular complexity index is 429. The van der Waals surface area contributed by atoms with Gasteiger partial charge in [0.1, 0.15) is 0 Å². The molecule has 1 rings (SSSR count). The Morgan fingerprint density at radius 3 is 2.40 bits per heavy atom. The zero-order valence-corrected chi connectivity index (χ0v) is 10.6. The van der Waals surface area contributed by atoms with Crippen LogP contribution in [-0.4, -0.2) is 16.1 Å². The normalized spacial score (nSPS) is 11.5. The van der Waals surface area contributed by atoms with Crippen LogP contribution in [0.2, 0.25) is 0 Å². The van der Waals surface area contributed by atoms with Crippen molar-refractivity contribution in [1.29, 1.82) is 0 Å². The van der Waals surface area contributed by atoms with Gasteiger partial charge in [0.25, 0.3) is 5.56 Å². The molecule has 0 saturated heterocycles. The summed E-state index contributed by atoms with van der Waals surface area (Å²) in [6.07, 6.45) is 0. The molecule has 0 aliphatic carbocycles. The van der Waals surface area contributed by atoms with Crippen molar-refractivity contribution in [1.82, 2.24) is 4.98 Å². The second-order valence-electron chi connectivity index (χ2n) is 4.42. The van der Waals surface area contributed by atoms with Crippen LogP contribution < -0.4 is 5.56 Å². The molecule has 0 unspecified atom stereocenters. The van der Waals surface area contributed by atoms with Crippen LogP contribution in [0, 0.1) is 0 Å². The Hall–Kier alpha value is -0.900. The summed E-state index contributed by atoms with van der Waals surface area (Å²) in [6.45, 7) is 6.01. The number of aromatic amines is 1. The van der Waals surface area contributed by atoms with Crippen LogP contribution in [0.4, 0.5) is 0 Å². The summed E-state index contributed by atoms with van der Waals surface area (Å²) in [5.74, 6) is -0.197. The summed E-state index contributed by atoms with van der Waals surface area (Å²) in [5, 5.41) is 0.172. The third-order valence-electron chi connectivity index (χ3n) is 2.14. The largest absolute Gasteiger partial charge is 0.325 e. The van der Waals surface area contributed by atoms with E-state index in [-0.39, 0.29) is 27.7 Å². The summed E-state index contributed by atoms with van der Waals surface area (Å²) in [5.41, 5.74) is 0.611. The van der Waals surface area contributed by atoms with Crippen molar-refractivity contribution in [3.05, 3.63) is 33.7 Å². The number of carbonyl (C=O) groups excluding carboxylic acids is 1. The highest BCUT2D eigenvalue weighted by atomic mass is 79.9. The van der Waals surface area contributed by atoms with Crippen LogP contribution >= 0.6 is 15.9 Å². The maximum absolute atomic E-state index is 11.6. The third-order valence-corrected chi connectivity index (χ3v) is 2.65. The fraction of sp³-hybridized carbons (Fsp3) is 0.455. The second kappa shape index (κ2) is 4.31. The van der Waals surface area contributed by atoms with E-state index < -0.39 is 0 Å². The van der Waals surface area contributed by atoms with E-state index in [0.29, 0.717) is 0 Å². The van der Waals surface area contributed by atoms with Gasteiger partial charge in [-0.15, -0.1) is 0 Å². The summed E-state index contributed by atoms with van der Waals surface area (Å²) >= 11 is 3.04. The number of hydrogen-bond donors (Lipinski definition) is 1. The number of aromatic nitrogens is 1. The smallest absolute Gasteiger partial charge is 0.259 e. The van der Waals surface area contributed by atoms with E-state index in [1.54, 1.807) is 12.1 Å². The van der Waals surface area contributed by atoms with E-state index in [4.69, 9.17) is 0 Å². The molecule has 1 heterocycles. The van der Waals surface area contributed by atoms with Crippen molar-refractivity contribution in [2.75, 3.05) is 5.33 Å². The molecule has 0 aromatic carbocycles. The van der Waals surface area contributed by atoms with E-state index in [0.717, 1.165) is 5.69 Å². The molecule has 0 atom stereocenters. The van der Waals surface area contributed by atoms with Gasteiger partial charge in [0.15, 0.2) is 5.78 Å². The van der Waals surface area contributed by atoms with Crippen LogP contribution in [0.3, 0.4) is 0 Å². The monoisotopic (exact) mass is 271 g/mol. The van der Waals surface area contributed by atoms with Crippen molar-refractivity contribution in [2.24, 2.45) is 0 Å². The number of carbonyl (C=O) groups is 1. The first-order valence-corrected chi connectivity index (χ1v) is 5.81. The van der Waals surface area contributed by atoms with Crippen LogP contribution in [0.15, 0.2) is 16.9 Å². The van der Waals surface area contributed by atoms with Gasteiger partial charge in [-0.25, -0.2) is 0 Å². The molecule has 0 aliphatic rings. The summed E-state index contributed by atoms with van der Waals surface area (Å²) in [4.78, 5) is 25.7. The predicted octanol–water partition coefficient (Wildman–Crippen LogP) is 2.25. The fourth-order valence-electron chi connectivity index (χ4n) is 1.20. The fourth-order valence-corrected chi connectivity index (χ4v) is 1.50. The highest BCUT2D eigenvalue weighted by molar-refractivity contribution is 9.09. The first-order valence-electron chi connectivity index (χ1n) is 4.69. The van der Waals surface area contributed by atoms with E-state index in [9.17, 15) is 9.59 Å². The highest BCUT2D eigenvalue weighted by Crippen LogP contribution is 2.18. The zero-order chi connectivity index (χ0) is 11.6. The SMILES string of the molecule is CC(C)(C)c1ccc(C(=O)CBr)c(=O)[nH]1. The molecule has 3 nitrogen and oxygen atoms in total. The lowest BCUT2D eigenvalue weighted by molar-refractivity contribution is 0.102. The van der Waals surface area contributed by atoms with Crippen molar-refractivity contribution in [3.63, 3.8) is 0 Å². The topological polar surface area (TPSA) is 49.9 Å². The minimum Gasteiger partial charge on any atom is -0.325 e. The second-order valence-corrected chi connectivity index (χ2v) is 4.98. The van der Waals surface area contributed by atoms with Gasteiger partial charge in [-0.2, -0.15) is 0 Å². The Kier molecular flexibility index (Phi) is 3.50. The molecule has 4 heteroatoms. The minimum absolute atomic E-state index is 0.116. The number of hydrogen-bond acceptors (Lipinski definition) is 2. The predicted molar refractivity (Wildman–Crippen MR) is 63.9 cm³/mol. The number of rotatable bonds is 2. The number of nitrogens with one attached hydrogen (secondary N) is 1. The lowest BCUT2D eigenvalue weighted by Crippen LogP contribution is -2.24. The molecule has 0 spiro atoms. The average molecular weight is 272 g/mol. The molecule has 0 radical (unpaired) electrons. The molecule has 1 N–H and O–H groups in total. The Morgan fingerprint density at radius 2 is 2.00 bits per heavy atom. The highest BCUT2D eigenvalue weighted by Gasteiger charge is 2.16. The number of Topliss-reactive ketones (excluding diaryl/α,β-unsaturated/α-hetero) is 1. The average Bonchev–Trinajstić information content (AvgIpc) is 2.15. The number of alkyl halides is 1. The number of H-pyrrole nitrogens is 1. The Balaban J connectivity index is 3.21. The summed E-state index contributed by atoms with van der Waals surface area (Å²) in [7, 11) is 0. The van der Waals surface area contributed by atoms with Gasteiger partial charge in [-0.1, -0.05) is 36.7 Å². The van der Waals surface area contributed by atoms with Crippen LogP contribution in [0.5, 0.6) is 0 Å². The molecule has 0 fully saturated rings. The first-order chi connectivity index (χ1) is 6.86. The van der Waals surface area contributed by atoms with E-state index in [1.165, 1.54) is 0 Å². The Labute approximate surface area is 97.0 Å². The first kappa shape index (κ1) is 12.2. The summed E-state index contributed by atoms with van der Waals surface area (Å²) in [6, 6.07) is 3.38. The van der Waals surface area contributed by atoms with Gasteiger partial charge in [-0.05, 0) is 12.1 Å². The van der Waals surface area contributed by atoms with Gasteiger partial charge < -0.3 is 4.98 Å². The van der Waals surface area contributed by atoms with Crippen LogP contribution in [-0.2, 0) is 5.41 Å².